The third-order valence-corrected chi connectivity index (χ3v) is 3.74. The Morgan fingerprint density at radius 1 is 1.29 bits per heavy atom. The lowest BCUT2D eigenvalue weighted by molar-refractivity contribution is -0.134. The lowest BCUT2D eigenvalue weighted by Gasteiger charge is -2.10. The van der Waals surface area contributed by atoms with Crippen LogP contribution in [-0.4, -0.2) is 36.5 Å². The molecule has 0 amide bonds. The van der Waals surface area contributed by atoms with E-state index in [0.29, 0.717) is 0 Å². The van der Waals surface area contributed by atoms with Crippen LogP contribution in [0.4, 0.5) is 18.9 Å². The number of anilines is 1. The molecule has 0 aromatic heterocycles. The third-order valence-electron chi connectivity index (χ3n) is 2.38. The van der Waals surface area contributed by atoms with E-state index in [9.17, 15) is 31.5 Å². The Kier molecular flexibility index (Phi) is 5.05. The average Bonchev–Trinajstić information content (AvgIpc) is 2.29. The van der Waals surface area contributed by atoms with Gasteiger partial charge in [-0.15, -0.1) is 0 Å². The van der Waals surface area contributed by atoms with E-state index in [1.54, 1.807) is 0 Å². The number of carboxylic acids is 1. The first-order valence-electron chi connectivity index (χ1n) is 5.64. The fourth-order valence-electron chi connectivity index (χ4n) is 1.43. The number of phenolic OH excluding ortho intramolecular Hbond substituents is 1. The number of phenols is 1. The zero-order valence-corrected chi connectivity index (χ0v) is 11.3. The number of aromatic hydroxyl groups is 1. The van der Waals surface area contributed by atoms with Gasteiger partial charge in [-0.3, -0.25) is 4.72 Å². The van der Waals surface area contributed by atoms with E-state index >= 15 is 0 Å². The van der Waals surface area contributed by atoms with Crippen molar-refractivity contribution in [2.75, 3.05) is 10.5 Å². The molecular formula is C11H12F3NO5S. The number of sulfonamides is 1. The van der Waals surface area contributed by atoms with Crippen LogP contribution in [0, 0.1) is 0 Å². The maximum absolute atomic E-state index is 11.9. The standard InChI is InChI=1S/C11H12F3NO5S/c12-11(13,14)4-1-5-21(19,20)15-8-3-2-7(10(17)18)6-9(8)16/h2-3,6,15-16H,1,4-5H2,(H,17,18). The summed E-state index contributed by atoms with van der Waals surface area (Å²) in [4.78, 5) is 10.6. The first-order chi connectivity index (χ1) is 9.50. The predicted molar refractivity (Wildman–Crippen MR) is 67.8 cm³/mol. The summed E-state index contributed by atoms with van der Waals surface area (Å²) in [6, 6.07) is 2.89. The number of hydrogen-bond acceptors (Lipinski definition) is 4. The summed E-state index contributed by atoms with van der Waals surface area (Å²) in [5.41, 5.74) is -0.556. The first-order valence-corrected chi connectivity index (χ1v) is 7.29. The minimum Gasteiger partial charge on any atom is -0.506 e. The van der Waals surface area contributed by atoms with Crippen molar-refractivity contribution in [2.24, 2.45) is 0 Å². The summed E-state index contributed by atoms with van der Waals surface area (Å²) in [5.74, 6) is -2.72. The Morgan fingerprint density at radius 3 is 2.38 bits per heavy atom. The number of hydrogen-bond donors (Lipinski definition) is 3. The molecule has 0 saturated carbocycles. The number of nitrogens with one attached hydrogen (secondary N) is 1. The first kappa shape index (κ1) is 17.1. The van der Waals surface area contributed by atoms with Crippen LogP contribution in [0.5, 0.6) is 5.75 Å². The molecule has 6 nitrogen and oxygen atoms in total. The number of benzene rings is 1. The van der Waals surface area contributed by atoms with Crippen molar-refractivity contribution < 1.29 is 36.6 Å². The number of carbonyl (C=O) groups is 1. The lowest BCUT2D eigenvalue weighted by Crippen LogP contribution is -2.19. The number of halogens is 3. The van der Waals surface area contributed by atoms with E-state index in [0.717, 1.165) is 18.2 Å². The number of alkyl halides is 3. The second-order valence-corrected chi connectivity index (χ2v) is 6.02. The largest absolute Gasteiger partial charge is 0.506 e. The smallest absolute Gasteiger partial charge is 0.389 e. The zero-order valence-electron chi connectivity index (χ0n) is 10.5. The highest BCUT2D eigenvalue weighted by atomic mass is 32.2. The van der Waals surface area contributed by atoms with E-state index in [2.05, 4.69) is 0 Å². The number of rotatable bonds is 6. The Balaban J connectivity index is 2.73. The molecular weight excluding hydrogens is 315 g/mol. The molecule has 0 aliphatic rings. The average molecular weight is 327 g/mol. The van der Waals surface area contributed by atoms with Crippen LogP contribution in [0.25, 0.3) is 0 Å². The molecule has 21 heavy (non-hydrogen) atoms. The van der Waals surface area contributed by atoms with Gasteiger partial charge in [0.05, 0.1) is 17.0 Å². The summed E-state index contributed by atoms with van der Waals surface area (Å²) in [7, 11) is -4.07. The van der Waals surface area contributed by atoms with Gasteiger partial charge in [0, 0.05) is 6.42 Å². The van der Waals surface area contributed by atoms with Crippen molar-refractivity contribution in [3.63, 3.8) is 0 Å². The summed E-state index contributed by atoms with van der Waals surface area (Å²) in [6.07, 6.45) is -6.30. The highest BCUT2D eigenvalue weighted by molar-refractivity contribution is 7.92. The van der Waals surface area contributed by atoms with Gasteiger partial charge in [0.1, 0.15) is 5.75 Å². The van der Waals surface area contributed by atoms with Crippen molar-refractivity contribution in [3.8, 4) is 5.75 Å². The van der Waals surface area contributed by atoms with Gasteiger partial charge in [0.25, 0.3) is 0 Å². The Morgan fingerprint density at radius 2 is 1.90 bits per heavy atom. The van der Waals surface area contributed by atoms with E-state index in [1.165, 1.54) is 0 Å². The maximum atomic E-state index is 11.9. The van der Waals surface area contributed by atoms with Crippen LogP contribution < -0.4 is 4.72 Å². The van der Waals surface area contributed by atoms with E-state index in [4.69, 9.17) is 5.11 Å². The van der Waals surface area contributed by atoms with Gasteiger partial charge in [0.2, 0.25) is 10.0 Å². The molecule has 1 aromatic carbocycles. The Hall–Kier alpha value is -1.97. The number of carboxylic acid groups (broad SMARTS) is 1. The monoisotopic (exact) mass is 327 g/mol. The minimum absolute atomic E-state index is 0.257. The summed E-state index contributed by atoms with van der Waals surface area (Å²) >= 11 is 0. The van der Waals surface area contributed by atoms with E-state index in [-0.39, 0.29) is 11.3 Å². The molecule has 0 aliphatic heterocycles. The molecule has 0 radical (unpaired) electrons. The van der Waals surface area contributed by atoms with Crippen molar-refractivity contribution in [1.29, 1.82) is 0 Å². The van der Waals surface area contributed by atoms with Gasteiger partial charge in [-0.2, -0.15) is 13.2 Å². The highest BCUT2D eigenvalue weighted by Crippen LogP contribution is 2.26. The molecule has 118 valence electrons. The molecule has 0 bridgehead atoms. The second kappa shape index (κ2) is 6.20. The summed E-state index contributed by atoms with van der Waals surface area (Å²) in [6.45, 7) is 0. The van der Waals surface area contributed by atoms with Crippen molar-refractivity contribution in [2.45, 2.75) is 19.0 Å². The van der Waals surface area contributed by atoms with Gasteiger partial charge in [0.15, 0.2) is 0 Å². The van der Waals surface area contributed by atoms with Crippen LogP contribution in [0.15, 0.2) is 18.2 Å². The molecule has 0 fully saturated rings. The molecule has 0 heterocycles. The van der Waals surface area contributed by atoms with Gasteiger partial charge in [-0.25, -0.2) is 13.2 Å². The zero-order chi connectivity index (χ0) is 16.3. The Labute approximate surface area is 118 Å². The molecule has 0 unspecified atom stereocenters. The lowest BCUT2D eigenvalue weighted by atomic mass is 10.2. The fourth-order valence-corrected chi connectivity index (χ4v) is 2.57. The third kappa shape index (κ3) is 5.90. The molecule has 0 saturated heterocycles. The molecule has 0 spiro atoms. The molecule has 0 aliphatic carbocycles. The van der Waals surface area contributed by atoms with Crippen LogP contribution in [-0.2, 0) is 10.0 Å². The van der Waals surface area contributed by atoms with Gasteiger partial charge >= 0.3 is 12.1 Å². The van der Waals surface area contributed by atoms with E-state index in [1.807, 2.05) is 4.72 Å². The van der Waals surface area contributed by atoms with Crippen molar-refractivity contribution in [3.05, 3.63) is 23.8 Å². The van der Waals surface area contributed by atoms with Crippen molar-refractivity contribution >= 4 is 21.7 Å². The highest BCUT2D eigenvalue weighted by Gasteiger charge is 2.27. The number of aromatic carboxylic acids is 1. The second-order valence-electron chi connectivity index (χ2n) is 4.18. The SMILES string of the molecule is O=C(O)c1ccc(NS(=O)(=O)CCCC(F)(F)F)c(O)c1. The van der Waals surface area contributed by atoms with Crippen LogP contribution in [0.1, 0.15) is 23.2 Å². The predicted octanol–water partition coefficient (Wildman–Crippen LogP) is 2.17. The topological polar surface area (TPSA) is 104 Å². The van der Waals surface area contributed by atoms with Crippen LogP contribution >= 0.6 is 0 Å². The molecule has 1 rings (SSSR count). The quantitative estimate of drug-likeness (QED) is 0.695. The molecule has 1 aromatic rings. The summed E-state index contributed by atoms with van der Waals surface area (Å²) in [5, 5.41) is 18.2. The van der Waals surface area contributed by atoms with Crippen LogP contribution in [0.3, 0.4) is 0 Å². The molecule has 3 N–H and O–H groups in total. The fraction of sp³-hybridized carbons (Fsp3) is 0.364. The summed E-state index contributed by atoms with van der Waals surface area (Å²) < 4.78 is 60.8. The normalized spacial score (nSPS) is 12.1. The van der Waals surface area contributed by atoms with Crippen molar-refractivity contribution in [1.82, 2.24) is 0 Å². The Bertz CT molecular complexity index is 627. The minimum atomic E-state index is -4.44. The molecule has 0 atom stereocenters. The molecule has 10 heteroatoms. The van der Waals surface area contributed by atoms with Crippen LogP contribution in [0.2, 0.25) is 0 Å². The van der Waals surface area contributed by atoms with Gasteiger partial charge in [-0.05, 0) is 24.6 Å². The maximum Gasteiger partial charge on any atom is 0.389 e. The van der Waals surface area contributed by atoms with Gasteiger partial charge < -0.3 is 10.2 Å². The van der Waals surface area contributed by atoms with E-state index < -0.39 is 46.5 Å². The van der Waals surface area contributed by atoms with Gasteiger partial charge in [-0.1, -0.05) is 0 Å².